The van der Waals surface area contributed by atoms with Crippen molar-refractivity contribution >= 4 is 11.4 Å². The van der Waals surface area contributed by atoms with Crippen LogP contribution in [0.3, 0.4) is 0 Å². The second-order valence-electron chi connectivity index (χ2n) is 3.03. The molecule has 2 aromatic heterocycles. The lowest BCUT2D eigenvalue weighted by molar-refractivity contribution is -0.385. The van der Waals surface area contributed by atoms with E-state index in [0.717, 1.165) is 12.4 Å². The van der Waals surface area contributed by atoms with Crippen LogP contribution in [0, 0.1) is 20.2 Å². The number of pyridine rings is 1. The van der Waals surface area contributed by atoms with Crippen LogP contribution in [-0.2, 0) is 0 Å². The van der Waals surface area contributed by atoms with E-state index in [2.05, 4.69) is 10.1 Å². The summed E-state index contributed by atoms with van der Waals surface area (Å²) in [6, 6.07) is 2.60. The average Bonchev–Trinajstić information content (AvgIpc) is 2.78. The molecule has 0 atom stereocenters. The third-order valence-electron chi connectivity index (χ3n) is 1.96. The zero-order valence-electron chi connectivity index (χ0n) is 8.26. The number of rotatable bonds is 3. The molecular weight excluding hydrogens is 230 g/mol. The Bertz CT molecular complexity index is 576. The monoisotopic (exact) mass is 235 g/mol. The van der Waals surface area contributed by atoms with Gasteiger partial charge in [-0.1, -0.05) is 0 Å². The maximum Gasteiger partial charge on any atom is 0.307 e. The third kappa shape index (κ3) is 2.07. The fourth-order valence-corrected chi connectivity index (χ4v) is 1.15. The SMILES string of the molecule is O=[N+]([O-])c1ccc(-n2cc([N+](=O)[O-])cn2)nc1. The van der Waals surface area contributed by atoms with E-state index in [1.54, 1.807) is 0 Å². The third-order valence-corrected chi connectivity index (χ3v) is 1.96. The van der Waals surface area contributed by atoms with Gasteiger partial charge in [-0.15, -0.1) is 0 Å². The summed E-state index contributed by atoms with van der Waals surface area (Å²) in [5.41, 5.74) is -0.333. The van der Waals surface area contributed by atoms with Crippen molar-refractivity contribution in [3.05, 3.63) is 51.0 Å². The van der Waals surface area contributed by atoms with Crippen LogP contribution in [0.1, 0.15) is 0 Å². The predicted molar refractivity (Wildman–Crippen MR) is 54.7 cm³/mol. The van der Waals surface area contributed by atoms with Crippen LogP contribution in [0.4, 0.5) is 11.4 Å². The van der Waals surface area contributed by atoms with E-state index in [-0.39, 0.29) is 17.2 Å². The van der Waals surface area contributed by atoms with Gasteiger partial charge in [-0.25, -0.2) is 9.67 Å². The molecule has 0 unspecified atom stereocenters. The van der Waals surface area contributed by atoms with E-state index in [1.165, 1.54) is 23.0 Å². The molecule has 2 heterocycles. The summed E-state index contributed by atoms with van der Waals surface area (Å²) in [5.74, 6) is 0.267. The lowest BCUT2D eigenvalue weighted by Crippen LogP contribution is -1.98. The molecule has 0 fully saturated rings. The largest absolute Gasteiger partial charge is 0.307 e. The van der Waals surface area contributed by atoms with E-state index in [0.29, 0.717) is 0 Å². The van der Waals surface area contributed by atoms with Crippen molar-refractivity contribution in [2.45, 2.75) is 0 Å². The zero-order valence-corrected chi connectivity index (χ0v) is 8.26. The Morgan fingerprint density at radius 2 is 1.76 bits per heavy atom. The van der Waals surface area contributed by atoms with Crippen LogP contribution >= 0.6 is 0 Å². The maximum absolute atomic E-state index is 10.4. The fraction of sp³-hybridized carbons (Fsp3) is 0. The van der Waals surface area contributed by atoms with Gasteiger partial charge in [0.05, 0.1) is 9.85 Å². The van der Waals surface area contributed by atoms with Gasteiger partial charge in [0, 0.05) is 6.07 Å². The second kappa shape index (κ2) is 3.96. The van der Waals surface area contributed by atoms with Crippen LogP contribution in [-0.4, -0.2) is 24.6 Å². The first-order valence-electron chi connectivity index (χ1n) is 4.38. The van der Waals surface area contributed by atoms with Crippen LogP contribution in [0.25, 0.3) is 5.82 Å². The number of nitro groups is 2. The summed E-state index contributed by atoms with van der Waals surface area (Å²) in [6.45, 7) is 0. The van der Waals surface area contributed by atoms with E-state index in [1.807, 2.05) is 0 Å². The summed E-state index contributed by atoms with van der Waals surface area (Å²) in [5, 5.41) is 24.6. The number of nitrogens with zero attached hydrogens (tertiary/aromatic N) is 5. The van der Waals surface area contributed by atoms with E-state index < -0.39 is 9.85 Å². The molecule has 0 saturated carbocycles. The molecule has 2 aromatic rings. The molecule has 86 valence electrons. The highest BCUT2D eigenvalue weighted by Crippen LogP contribution is 2.14. The maximum atomic E-state index is 10.4. The molecule has 9 nitrogen and oxygen atoms in total. The molecule has 0 aliphatic carbocycles. The minimum atomic E-state index is -0.588. The number of hydrogen-bond acceptors (Lipinski definition) is 6. The molecule has 0 aliphatic rings. The Morgan fingerprint density at radius 3 is 2.24 bits per heavy atom. The van der Waals surface area contributed by atoms with Crippen molar-refractivity contribution in [3.63, 3.8) is 0 Å². The van der Waals surface area contributed by atoms with Crippen molar-refractivity contribution < 1.29 is 9.85 Å². The van der Waals surface area contributed by atoms with Gasteiger partial charge < -0.3 is 0 Å². The van der Waals surface area contributed by atoms with Gasteiger partial charge in [-0.2, -0.15) is 5.10 Å². The topological polar surface area (TPSA) is 117 Å². The van der Waals surface area contributed by atoms with Gasteiger partial charge >= 0.3 is 5.69 Å². The Kier molecular flexibility index (Phi) is 2.49. The quantitative estimate of drug-likeness (QED) is 0.580. The lowest BCUT2D eigenvalue weighted by atomic mass is 10.4. The van der Waals surface area contributed by atoms with Gasteiger partial charge in [0.2, 0.25) is 0 Å². The molecule has 0 spiro atoms. The highest BCUT2D eigenvalue weighted by Gasteiger charge is 2.11. The molecular formula is C8H5N5O4. The summed E-state index contributed by atoms with van der Waals surface area (Å²) < 4.78 is 1.17. The zero-order chi connectivity index (χ0) is 12.4. The second-order valence-corrected chi connectivity index (χ2v) is 3.03. The number of hydrogen-bond donors (Lipinski definition) is 0. The van der Waals surface area contributed by atoms with Gasteiger partial charge in [-0.05, 0) is 6.07 Å². The molecule has 0 N–H and O–H groups in total. The highest BCUT2D eigenvalue weighted by molar-refractivity contribution is 5.34. The molecule has 9 heteroatoms. The number of aromatic nitrogens is 3. The lowest BCUT2D eigenvalue weighted by Gasteiger charge is -1.97. The summed E-state index contributed by atoms with van der Waals surface area (Å²) in [6.07, 6.45) is 3.31. The van der Waals surface area contributed by atoms with Crippen molar-refractivity contribution in [3.8, 4) is 5.82 Å². The molecule has 0 saturated heterocycles. The average molecular weight is 235 g/mol. The standard InChI is InChI=1S/C8H5N5O4/c14-12(15)6-1-2-8(9-3-6)11-5-7(4-10-11)13(16)17/h1-5H. The Labute approximate surface area is 93.6 Å². The van der Waals surface area contributed by atoms with Crippen molar-refractivity contribution in [2.24, 2.45) is 0 Å². The molecule has 0 amide bonds. The van der Waals surface area contributed by atoms with E-state index >= 15 is 0 Å². The molecule has 0 aliphatic heterocycles. The van der Waals surface area contributed by atoms with Crippen molar-refractivity contribution in [1.82, 2.24) is 14.8 Å². The van der Waals surface area contributed by atoms with Gasteiger partial charge in [0.15, 0.2) is 5.82 Å². The molecule has 0 aromatic carbocycles. The predicted octanol–water partition coefficient (Wildman–Crippen LogP) is 1.08. The van der Waals surface area contributed by atoms with Gasteiger partial charge in [0.1, 0.15) is 18.6 Å². The Hall–Kier alpha value is -2.84. The minimum absolute atomic E-state index is 0.157. The highest BCUT2D eigenvalue weighted by atomic mass is 16.6. The first kappa shape index (κ1) is 10.7. The fourth-order valence-electron chi connectivity index (χ4n) is 1.15. The smallest absolute Gasteiger partial charge is 0.258 e. The van der Waals surface area contributed by atoms with Crippen molar-refractivity contribution in [2.75, 3.05) is 0 Å². The first-order chi connectivity index (χ1) is 8.08. The normalized spacial score (nSPS) is 10.1. The van der Waals surface area contributed by atoms with E-state index in [9.17, 15) is 20.2 Å². The van der Waals surface area contributed by atoms with Crippen LogP contribution < -0.4 is 0 Å². The van der Waals surface area contributed by atoms with Crippen LogP contribution in [0.15, 0.2) is 30.7 Å². The molecule has 0 bridgehead atoms. The molecule has 17 heavy (non-hydrogen) atoms. The van der Waals surface area contributed by atoms with Gasteiger partial charge in [0.25, 0.3) is 5.69 Å². The van der Waals surface area contributed by atoms with Crippen LogP contribution in [0.5, 0.6) is 0 Å². The minimum Gasteiger partial charge on any atom is -0.258 e. The van der Waals surface area contributed by atoms with Crippen molar-refractivity contribution in [1.29, 1.82) is 0 Å². The first-order valence-corrected chi connectivity index (χ1v) is 4.38. The van der Waals surface area contributed by atoms with E-state index in [4.69, 9.17) is 0 Å². The molecule has 0 radical (unpaired) electrons. The van der Waals surface area contributed by atoms with Crippen LogP contribution in [0.2, 0.25) is 0 Å². The van der Waals surface area contributed by atoms with Gasteiger partial charge in [-0.3, -0.25) is 20.2 Å². The molecule has 2 rings (SSSR count). The summed E-state index contributed by atoms with van der Waals surface area (Å²) in [4.78, 5) is 23.4. The Morgan fingerprint density at radius 1 is 1.06 bits per heavy atom. The summed E-state index contributed by atoms with van der Waals surface area (Å²) >= 11 is 0. The summed E-state index contributed by atoms with van der Waals surface area (Å²) in [7, 11) is 0. The Balaban J connectivity index is 2.33.